The second-order valence-corrected chi connectivity index (χ2v) is 3.58. The van der Waals surface area contributed by atoms with Crippen LogP contribution in [0.1, 0.15) is 21.0 Å². The number of hydrogen-bond donors (Lipinski definition) is 4. The van der Waals surface area contributed by atoms with Crippen molar-refractivity contribution in [2.24, 2.45) is 0 Å². The number of aromatic carboxylic acids is 2. The quantitative estimate of drug-likeness (QED) is 0.401. The van der Waals surface area contributed by atoms with Crippen molar-refractivity contribution in [3.63, 3.8) is 0 Å². The van der Waals surface area contributed by atoms with Gasteiger partial charge in [-0.15, -0.1) is 0 Å². The standard InChI is InChI=1S/2C5H4N2O4.Co/c2*8-3-1-2(4(9)10)6-5(11)7-3;/h2*1H,(H,9,10)(H2,6,7,8,11);/p-2. The molecule has 13 heteroatoms. The maximum absolute atomic E-state index is 10.4. The molecule has 0 saturated heterocycles. The third-order valence-electron chi connectivity index (χ3n) is 1.96. The zero-order chi connectivity index (χ0) is 16.9. The molecule has 0 aliphatic rings. The molecular weight excluding hydrogens is 363 g/mol. The Labute approximate surface area is 134 Å². The monoisotopic (exact) mass is 369 g/mol. The Morgan fingerprint density at radius 1 is 0.696 bits per heavy atom. The van der Waals surface area contributed by atoms with Gasteiger partial charge in [0.05, 0.1) is 23.3 Å². The van der Waals surface area contributed by atoms with E-state index >= 15 is 0 Å². The number of nitrogens with one attached hydrogen (secondary N) is 4. The molecule has 0 aliphatic carbocycles. The summed E-state index contributed by atoms with van der Waals surface area (Å²) < 4.78 is 0. The Morgan fingerprint density at radius 3 is 1.22 bits per heavy atom. The Balaban J connectivity index is 0.000000403. The van der Waals surface area contributed by atoms with E-state index in [1.807, 2.05) is 19.9 Å². The average molecular weight is 369 g/mol. The predicted molar refractivity (Wildman–Crippen MR) is 64.0 cm³/mol. The third-order valence-corrected chi connectivity index (χ3v) is 1.96. The van der Waals surface area contributed by atoms with E-state index < -0.39 is 45.8 Å². The van der Waals surface area contributed by atoms with Crippen molar-refractivity contribution < 1.29 is 36.6 Å². The van der Waals surface area contributed by atoms with E-state index in [2.05, 4.69) is 0 Å². The number of carboxylic acid groups (broad SMARTS) is 2. The van der Waals surface area contributed by atoms with Crippen molar-refractivity contribution in [3.05, 3.63) is 65.2 Å². The molecule has 1 radical (unpaired) electrons. The molecule has 125 valence electrons. The number of carbonyl (C=O) groups is 2. The largest absolute Gasteiger partial charge is 0.543 e. The topological polar surface area (TPSA) is 212 Å². The number of aromatic amines is 4. The Hall–Kier alpha value is -3.19. The molecule has 0 amide bonds. The fraction of sp³-hybridized carbons (Fsp3) is 0. The molecule has 0 bridgehead atoms. The fourth-order valence-corrected chi connectivity index (χ4v) is 1.16. The van der Waals surface area contributed by atoms with Crippen molar-refractivity contribution >= 4 is 11.9 Å². The van der Waals surface area contributed by atoms with Crippen LogP contribution >= 0.6 is 0 Å². The van der Waals surface area contributed by atoms with Gasteiger partial charge in [0.15, 0.2) is 0 Å². The van der Waals surface area contributed by atoms with Gasteiger partial charge in [-0.1, -0.05) is 0 Å². The van der Waals surface area contributed by atoms with Gasteiger partial charge in [0.1, 0.15) is 0 Å². The number of hydrogen-bond acceptors (Lipinski definition) is 8. The molecule has 0 spiro atoms. The summed E-state index contributed by atoms with van der Waals surface area (Å²) >= 11 is 0. The summed E-state index contributed by atoms with van der Waals surface area (Å²) in [5.74, 6) is -3.18. The van der Waals surface area contributed by atoms with Crippen molar-refractivity contribution in [1.29, 1.82) is 0 Å². The number of H-pyrrole nitrogens is 4. The van der Waals surface area contributed by atoms with E-state index in [0.29, 0.717) is 0 Å². The number of carbonyl (C=O) groups excluding carboxylic acids is 2. The van der Waals surface area contributed by atoms with Crippen LogP contribution in [0.5, 0.6) is 0 Å². The van der Waals surface area contributed by atoms with Gasteiger partial charge in [-0.05, 0) is 0 Å². The van der Waals surface area contributed by atoms with Crippen LogP contribution in [-0.4, -0.2) is 31.9 Å². The molecule has 2 heterocycles. The number of carboxylic acids is 2. The van der Waals surface area contributed by atoms with Gasteiger partial charge >= 0.3 is 11.4 Å². The third kappa shape index (κ3) is 6.40. The fourth-order valence-electron chi connectivity index (χ4n) is 1.16. The molecule has 2 aromatic rings. The molecule has 0 unspecified atom stereocenters. The molecular formula is C10H6CoN4O8-2. The van der Waals surface area contributed by atoms with Crippen molar-refractivity contribution in [1.82, 2.24) is 19.9 Å². The summed E-state index contributed by atoms with van der Waals surface area (Å²) in [6.07, 6.45) is 0. The van der Waals surface area contributed by atoms with Gasteiger partial charge in [0.2, 0.25) is 0 Å². The minimum Gasteiger partial charge on any atom is -0.543 e. The van der Waals surface area contributed by atoms with Gasteiger partial charge in [0.25, 0.3) is 11.1 Å². The SMILES string of the molecule is O=C([O-])c1cc(=O)[nH]c(=O)[nH]1.O=C([O-])c1cc(=O)[nH]c(=O)[nH]1.[Co]. The molecule has 2 aromatic heterocycles. The van der Waals surface area contributed by atoms with Crippen molar-refractivity contribution in [2.45, 2.75) is 0 Å². The van der Waals surface area contributed by atoms with Crippen LogP contribution in [0.25, 0.3) is 0 Å². The number of rotatable bonds is 2. The molecule has 23 heavy (non-hydrogen) atoms. The van der Waals surface area contributed by atoms with Crippen molar-refractivity contribution in [3.8, 4) is 0 Å². The van der Waals surface area contributed by atoms with Crippen LogP contribution in [0.15, 0.2) is 31.3 Å². The van der Waals surface area contributed by atoms with Crippen LogP contribution < -0.4 is 32.7 Å². The van der Waals surface area contributed by atoms with E-state index in [1.54, 1.807) is 0 Å². The zero-order valence-corrected chi connectivity index (χ0v) is 11.8. The first-order valence-corrected chi connectivity index (χ1v) is 5.29. The predicted octanol–water partition coefficient (Wildman–Crippen LogP) is -5.15. The summed E-state index contributed by atoms with van der Waals surface area (Å²) in [5, 5.41) is 20.1. The van der Waals surface area contributed by atoms with Gasteiger partial charge in [-0.2, -0.15) is 0 Å². The van der Waals surface area contributed by atoms with Crippen LogP contribution in [0, 0.1) is 0 Å². The molecule has 4 N–H and O–H groups in total. The minimum absolute atomic E-state index is 0. The first-order chi connectivity index (χ1) is 10.2. The van der Waals surface area contributed by atoms with E-state index in [-0.39, 0.29) is 16.8 Å². The Bertz CT molecular complexity index is 803. The molecule has 0 aromatic carbocycles. The molecule has 12 nitrogen and oxygen atoms in total. The second-order valence-electron chi connectivity index (χ2n) is 3.58. The van der Waals surface area contributed by atoms with Crippen LogP contribution in [0.2, 0.25) is 0 Å². The molecule has 0 fully saturated rings. The first-order valence-electron chi connectivity index (χ1n) is 5.29. The van der Waals surface area contributed by atoms with Crippen LogP contribution in [0.3, 0.4) is 0 Å². The molecule has 0 saturated carbocycles. The van der Waals surface area contributed by atoms with Crippen molar-refractivity contribution in [2.75, 3.05) is 0 Å². The normalized spacial score (nSPS) is 9.04. The minimum atomic E-state index is -1.59. The van der Waals surface area contributed by atoms with Gasteiger partial charge < -0.3 is 29.8 Å². The van der Waals surface area contributed by atoms with E-state index in [9.17, 15) is 39.0 Å². The van der Waals surface area contributed by atoms with E-state index in [4.69, 9.17) is 0 Å². The molecule has 2 rings (SSSR count). The van der Waals surface area contributed by atoms with Gasteiger partial charge in [-0.3, -0.25) is 19.6 Å². The molecule has 0 aliphatic heterocycles. The molecule has 0 atom stereocenters. The van der Waals surface area contributed by atoms with E-state index in [1.165, 1.54) is 0 Å². The summed E-state index contributed by atoms with van der Waals surface area (Å²) in [7, 11) is 0. The summed E-state index contributed by atoms with van der Waals surface area (Å²) in [6.45, 7) is 0. The second kappa shape index (κ2) is 8.30. The Morgan fingerprint density at radius 2 is 1.00 bits per heavy atom. The smallest absolute Gasteiger partial charge is 0.326 e. The summed E-state index contributed by atoms with van der Waals surface area (Å²) in [6, 6.07) is 1.47. The maximum atomic E-state index is 10.4. The first kappa shape index (κ1) is 19.8. The van der Waals surface area contributed by atoms with Crippen LogP contribution in [0.4, 0.5) is 0 Å². The van der Waals surface area contributed by atoms with Crippen LogP contribution in [-0.2, 0) is 16.8 Å². The van der Waals surface area contributed by atoms with Gasteiger partial charge in [0, 0.05) is 28.9 Å². The van der Waals surface area contributed by atoms with Gasteiger partial charge in [-0.25, -0.2) is 9.59 Å². The number of aromatic nitrogens is 4. The average Bonchev–Trinajstić information content (AvgIpc) is 2.37. The summed E-state index contributed by atoms with van der Waals surface area (Å²) in [5.41, 5.74) is -4.33. The summed E-state index contributed by atoms with van der Waals surface area (Å²) in [4.78, 5) is 69.2. The zero-order valence-electron chi connectivity index (χ0n) is 10.8. The maximum Gasteiger partial charge on any atom is 0.326 e. The van der Waals surface area contributed by atoms with E-state index in [0.717, 1.165) is 12.1 Å². The Kier molecular flexibility index (Phi) is 7.15.